The van der Waals surface area contributed by atoms with Gasteiger partial charge >= 0.3 is 0 Å². The first kappa shape index (κ1) is 16.6. The van der Waals surface area contributed by atoms with Gasteiger partial charge in [0.15, 0.2) is 0 Å². The molecule has 0 fully saturated rings. The number of unbranched alkanes of at least 4 members (excludes halogenated alkanes) is 2. The highest BCUT2D eigenvalue weighted by Crippen LogP contribution is 1.95. The molecule has 4 N–H and O–H groups in total. The molecule has 0 radical (unpaired) electrons. The van der Waals surface area contributed by atoms with E-state index in [4.69, 9.17) is 10.9 Å². The molecule has 0 bridgehead atoms. The van der Waals surface area contributed by atoms with E-state index in [2.05, 4.69) is 0 Å². The van der Waals surface area contributed by atoms with Gasteiger partial charge in [-0.15, -0.1) is 0 Å². The Hall–Kier alpha value is -1.40. The van der Waals surface area contributed by atoms with Gasteiger partial charge in [0.2, 0.25) is 15.9 Å². The average molecular weight is 272 g/mol. The number of nitrogens with two attached hydrogens (primary N) is 2. The second kappa shape index (κ2) is 8.66. The summed E-state index contributed by atoms with van der Waals surface area (Å²) in [7, 11) is -3.20. The summed E-state index contributed by atoms with van der Waals surface area (Å²) < 4.78 is 20.6. The first-order valence-electron chi connectivity index (χ1n) is 5.72. The Labute approximate surface area is 108 Å². The summed E-state index contributed by atoms with van der Waals surface area (Å²) in [4.78, 5) is 10.4. The molecule has 0 unspecified atom stereocenters. The molecule has 1 aromatic rings. The van der Waals surface area contributed by atoms with Gasteiger partial charge in [-0.1, -0.05) is 38.0 Å². The van der Waals surface area contributed by atoms with Crippen LogP contribution in [0.1, 0.15) is 36.5 Å². The van der Waals surface area contributed by atoms with Crippen LogP contribution in [-0.2, 0) is 10.0 Å². The van der Waals surface area contributed by atoms with Crippen LogP contribution in [0.25, 0.3) is 0 Å². The normalized spacial score (nSPS) is 10.3. The number of benzene rings is 1. The van der Waals surface area contributed by atoms with Crippen molar-refractivity contribution in [3.05, 3.63) is 35.9 Å². The van der Waals surface area contributed by atoms with Crippen molar-refractivity contribution in [2.75, 3.05) is 5.75 Å². The van der Waals surface area contributed by atoms with Crippen LogP contribution < -0.4 is 10.9 Å². The van der Waals surface area contributed by atoms with Gasteiger partial charge in [-0.05, 0) is 18.6 Å². The number of sulfonamides is 1. The highest BCUT2D eigenvalue weighted by atomic mass is 32.2. The number of hydrogen-bond donors (Lipinski definition) is 2. The van der Waals surface area contributed by atoms with Crippen molar-refractivity contribution in [3.63, 3.8) is 0 Å². The van der Waals surface area contributed by atoms with E-state index in [9.17, 15) is 13.2 Å². The van der Waals surface area contributed by atoms with Crippen LogP contribution in [0, 0.1) is 0 Å². The minimum atomic E-state index is -3.20. The first-order chi connectivity index (χ1) is 8.37. The number of carbonyl (C=O) groups excluding carboxylic acids is 1. The van der Waals surface area contributed by atoms with E-state index in [1.807, 2.05) is 13.0 Å². The third kappa shape index (κ3) is 9.80. The summed E-state index contributed by atoms with van der Waals surface area (Å²) in [5.74, 6) is -0.253. The Morgan fingerprint density at radius 1 is 1.17 bits per heavy atom. The third-order valence-corrected chi connectivity index (χ3v) is 2.95. The van der Waals surface area contributed by atoms with Crippen molar-refractivity contribution in [2.24, 2.45) is 10.9 Å². The number of amides is 1. The lowest BCUT2D eigenvalue weighted by Gasteiger charge is -1.94. The predicted molar refractivity (Wildman–Crippen MR) is 72.5 cm³/mol. The molecule has 5 nitrogen and oxygen atoms in total. The highest BCUT2D eigenvalue weighted by molar-refractivity contribution is 7.89. The number of hydrogen-bond acceptors (Lipinski definition) is 3. The molecule has 0 saturated heterocycles. The van der Waals surface area contributed by atoms with E-state index in [0.717, 1.165) is 12.8 Å². The minimum Gasteiger partial charge on any atom is -0.366 e. The summed E-state index contributed by atoms with van der Waals surface area (Å²) in [6.07, 6.45) is 2.65. The number of rotatable bonds is 5. The SMILES string of the molecule is CCCCCS(N)(=O)=O.NC(=O)c1ccccc1. The number of primary sulfonamides is 1. The van der Waals surface area contributed by atoms with Crippen LogP contribution in [0.2, 0.25) is 0 Å². The summed E-state index contributed by atoms with van der Waals surface area (Å²) in [5, 5.41) is 4.75. The smallest absolute Gasteiger partial charge is 0.248 e. The Morgan fingerprint density at radius 3 is 2.06 bits per heavy atom. The Kier molecular flexibility index (Phi) is 7.98. The molecular formula is C12H20N2O3S. The molecule has 0 aliphatic rings. The van der Waals surface area contributed by atoms with E-state index >= 15 is 0 Å². The van der Waals surface area contributed by atoms with Gasteiger partial charge in [0.05, 0.1) is 5.75 Å². The molecule has 0 heterocycles. The summed E-state index contributed by atoms with van der Waals surface area (Å²) in [6, 6.07) is 8.76. The van der Waals surface area contributed by atoms with E-state index in [1.165, 1.54) is 0 Å². The van der Waals surface area contributed by atoms with Crippen LogP contribution in [0.3, 0.4) is 0 Å². The molecule has 0 spiro atoms. The van der Waals surface area contributed by atoms with E-state index < -0.39 is 10.0 Å². The average Bonchev–Trinajstić information content (AvgIpc) is 2.30. The van der Waals surface area contributed by atoms with E-state index in [1.54, 1.807) is 24.3 Å². The molecule has 0 aliphatic heterocycles. The second-order valence-electron chi connectivity index (χ2n) is 3.80. The lowest BCUT2D eigenvalue weighted by Crippen LogP contribution is -2.16. The third-order valence-electron chi connectivity index (χ3n) is 2.09. The molecule has 1 amide bonds. The van der Waals surface area contributed by atoms with E-state index in [0.29, 0.717) is 12.0 Å². The maximum Gasteiger partial charge on any atom is 0.248 e. The first-order valence-corrected chi connectivity index (χ1v) is 7.43. The van der Waals surface area contributed by atoms with Crippen LogP contribution >= 0.6 is 0 Å². The minimum absolute atomic E-state index is 0.126. The molecule has 0 saturated carbocycles. The zero-order valence-corrected chi connectivity index (χ0v) is 11.3. The van der Waals surface area contributed by atoms with Gasteiger partial charge in [-0.25, -0.2) is 13.6 Å². The number of carbonyl (C=O) groups is 1. The van der Waals surface area contributed by atoms with Gasteiger partial charge in [-0.3, -0.25) is 4.79 Å². The largest absolute Gasteiger partial charge is 0.366 e. The predicted octanol–water partition coefficient (Wildman–Crippen LogP) is 1.25. The molecule has 1 aromatic carbocycles. The topological polar surface area (TPSA) is 103 Å². The lowest BCUT2D eigenvalue weighted by atomic mass is 10.2. The Balaban J connectivity index is 0.000000321. The molecular weight excluding hydrogens is 252 g/mol. The van der Waals surface area contributed by atoms with Crippen molar-refractivity contribution in [2.45, 2.75) is 26.2 Å². The van der Waals surface area contributed by atoms with Crippen molar-refractivity contribution >= 4 is 15.9 Å². The summed E-state index contributed by atoms with van der Waals surface area (Å²) in [6.45, 7) is 2.02. The van der Waals surface area contributed by atoms with Crippen LogP contribution in [-0.4, -0.2) is 20.1 Å². The zero-order valence-electron chi connectivity index (χ0n) is 10.5. The Bertz CT molecular complexity index is 444. The maximum atomic E-state index is 10.4. The molecule has 0 aliphatic carbocycles. The van der Waals surface area contributed by atoms with Gasteiger partial charge in [0.25, 0.3) is 0 Å². The molecule has 18 heavy (non-hydrogen) atoms. The Morgan fingerprint density at radius 2 is 1.72 bits per heavy atom. The molecule has 102 valence electrons. The van der Waals surface area contributed by atoms with Gasteiger partial charge in [0.1, 0.15) is 0 Å². The number of primary amides is 1. The molecule has 6 heteroatoms. The van der Waals surface area contributed by atoms with Crippen LogP contribution in [0.5, 0.6) is 0 Å². The highest BCUT2D eigenvalue weighted by Gasteiger charge is 1.99. The zero-order chi connectivity index (χ0) is 14.0. The van der Waals surface area contributed by atoms with Crippen molar-refractivity contribution in [3.8, 4) is 0 Å². The lowest BCUT2D eigenvalue weighted by molar-refractivity contribution is 0.100. The van der Waals surface area contributed by atoms with Crippen molar-refractivity contribution in [1.82, 2.24) is 0 Å². The van der Waals surface area contributed by atoms with Gasteiger partial charge < -0.3 is 5.73 Å². The maximum absolute atomic E-state index is 10.4. The quantitative estimate of drug-likeness (QED) is 0.788. The second-order valence-corrected chi connectivity index (χ2v) is 5.54. The fourth-order valence-electron chi connectivity index (χ4n) is 1.16. The molecule has 0 aromatic heterocycles. The fraction of sp³-hybridized carbons (Fsp3) is 0.417. The van der Waals surface area contributed by atoms with Crippen molar-refractivity contribution in [1.29, 1.82) is 0 Å². The fourth-order valence-corrected chi connectivity index (χ4v) is 1.76. The van der Waals surface area contributed by atoms with E-state index in [-0.39, 0.29) is 11.7 Å². The standard InChI is InChI=1S/C7H7NO.C5H13NO2S/c8-7(9)6-4-2-1-3-5-6;1-2-3-4-5-9(6,7)8/h1-5H,(H2,8,9);2-5H2,1H3,(H2,6,7,8). The van der Waals surface area contributed by atoms with Gasteiger partial charge in [-0.2, -0.15) is 0 Å². The molecule has 1 rings (SSSR count). The molecule has 0 atom stereocenters. The van der Waals surface area contributed by atoms with Crippen molar-refractivity contribution < 1.29 is 13.2 Å². The summed E-state index contributed by atoms with van der Waals surface area (Å²) in [5.41, 5.74) is 5.53. The van der Waals surface area contributed by atoms with Gasteiger partial charge in [0, 0.05) is 5.56 Å². The van der Waals surface area contributed by atoms with Crippen LogP contribution in [0.4, 0.5) is 0 Å². The monoisotopic (exact) mass is 272 g/mol. The summed E-state index contributed by atoms with van der Waals surface area (Å²) >= 11 is 0. The van der Waals surface area contributed by atoms with Crippen LogP contribution in [0.15, 0.2) is 30.3 Å².